The largest absolute Gasteiger partial charge is 0.309 e. The predicted octanol–water partition coefficient (Wildman–Crippen LogP) is 10.4. The Labute approximate surface area is 279 Å². The summed E-state index contributed by atoms with van der Waals surface area (Å²) in [4.78, 5) is 0. The molecule has 2 aliphatic carbocycles. The van der Waals surface area contributed by atoms with Gasteiger partial charge in [-0.1, -0.05) is 97.1 Å². The number of para-hydroxylation sites is 4. The van der Waals surface area contributed by atoms with E-state index in [1.807, 2.05) is 42.5 Å². The zero-order valence-corrected chi connectivity index (χ0v) is 26.2. The number of nitrogens with zero attached hydrogens (tertiary/aromatic N) is 4. The Kier molecular flexibility index (Phi) is 6.49. The van der Waals surface area contributed by atoms with E-state index in [4.69, 9.17) is 0 Å². The summed E-state index contributed by atoms with van der Waals surface area (Å²) < 4.78 is 4.70. The molecule has 2 aliphatic rings. The van der Waals surface area contributed by atoms with E-state index in [2.05, 4.69) is 124 Å². The topological polar surface area (TPSA) is 57.4 Å². The number of rotatable bonds is 4. The van der Waals surface area contributed by atoms with Crippen molar-refractivity contribution in [1.29, 1.82) is 10.5 Å². The summed E-state index contributed by atoms with van der Waals surface area (Å²) >= 11 is 0. The van der Waals surface area contributed by atoms with E-state index in [1.54, 1.807) is 0 Å². The van der Waals surface area contributed by atoms with Gasteiger partial charge in [-0.15, -0.1) is 0 Å². The molecule has 9 rings (SSSR count). The van der Waals surface area contributed by atoms with Crippen molar-refractivity contribution < 1.29 is 0 Å². The second-order valence-electron chi connectivity index (χ2n) is 12.6. The minimum atomic E-state index is 0.0174. The van der Waals surface area contributed by atoms with Gasteiger partial charge >= 0.3 is 0 Å². The lowest BCUT2D eigenvalue weighted by atomic mass is 9.77. The van der Waals surface area contributed by atoms with Crippen LogP contribution in [0.5, 0.6) is 0 Å². The first-order valence-electron chi connectivity index (χ1n) is 16.5. The van der Waals surface area contributed by atoms with Crippen molar-refractivity contribution in [3.63, 3.8) is 0 Å². The minimum absolute atomic E-state index is 0.0174. The molecule has 2 aromatic heterocycles. The highest BCUT2D eigenvalue weighted by atomic mass is 15.0. The summed E-state index contributed by atoms with van der Waals surface area (Å²) in [5.74, 6) is 0.0724. The van der Waals surface area contributed by atoms with Crippen molar-refractivity contribution in [2.24, 2.45) is 0 Å². The molecule has 0 N–H and O–H groups in total. The summed E-state index contributed by atoms with van der Waals surface area (Å²) in [5.41, 5.74) is 11.7. The van der Waals surface area contributed by atoms with Crippen LogP contribution in [0.1, 0.15) is 51.8 Å². The standard InChI is InChI=1S/C44H30N4/c45-27-29-24-25-42-39(26-29)38-21-11-19-36(44(38)48(42)40-22-8-4-12-30(40)28-46)33-16-6-5-15-32(33)35-18-10-20-37-34-17-7-9-23-41(34)47(43(35)37)31-13-2-1-3-14-31/h1-6,8-16,18-26,32-33H,7,17H2. The lowest BCUT2D eigenvalue weighted by Crippen LogP contribution is -2.13. The Bertz CT molecular complexity index is 2600. The molecule has 0 radical (unpaired) electrons. The van der Waals surface area contributed by atoms with Crippen LogP contribution >= 0.6 is 0 Å². The van der Waals surface area contributed by atoms with Gasteiger partial charge in [0.1, 0.15) is 6.07 Å². The average Bonchev–Trinajstić information content (AvgIpc) is 3.68. The van der Waals surface area contributed by atoms with Gasteiger partial charge in [0.25, 0.3) is 0 Å². The van der Waals surface area contributed by atoms with Crippen molar-refractivity contribution >= 4 is 38.8 Å². The van der Waals surface area contributed by atoms with E-state index in [0.717, 1.165) is 40.3 Å². The van der Waals surface area contributed by atoms with Gasteiger partial charge in [-0.3, -0.25) is 0 Å². The molecule has 2 heterocycles. The van der Waals surface area contributed by atoms with Crippen LogP contribution in [-0.4, -0.2) is 9.13 Å². The third-order valence-electron chi connectivity index (χ3n) is 10.1. The third-order valence-corrected chi connectivity index (χ3v) is 10.1. The van der Waals surface area contributed by atoms with E-state index in [0.29, 0.717) is 11.1 Å². The van der Waals surface area contributed by atoms with Crippen LogP contribution in [0.4, 0.5) is 0 Å². The van der Waals surface area contributed by atoms with Crippen LogP contribution in [0, 0.1) is 22.7 Å². The van der Waals surface area contributed by atoms with E-state index in [-0.39, 0.29) is 11.8 Å². The van der Waals surface area contributed by atoms with Gasteiger partial charge in [0, 0.05) is 39.4 Å². The molecule has 0 fully saturated rings. The van der Waals surface area contributed by atoms with E-state index in [9.17, 15) is 10.5 Å². The molecule has 226 valence electrons. The zero-order chi connectivity index (χ0) is 32.2. The molecule has 2 unspecified atom stereocenters. The Balaban J connectivity index is 1.34. The molecule has 4 heteroatoms. The first kappa shape index (κ1) is 27.9. The normalized spacial score (nSPS) is 16.7. The number of fused-ring (bicyclic) bond motifs is 6. The maximum Gasteiger partial charge on any atom is 0.101 e. The number of benzene rings is 5. The summed E-state index contributed by atoms with van der Waals surface area (Å²) in [7, 11) is 0. The first-order valence-corrected chi connectivity index (χ1v) is 16.5. The molecule has 0 aliphatic heterocycles. The van der Waals surface area contributed by atoms with Crippen molar-refractivity contribution in [2.75, 3.05) is 0 Å². The lowest BCUT2D eigenvalue weighted by Gasteiger charge is -2.28. The minimum Gasteiger partial charge on any atom is -0.309 e. The molecular weight excluding hydrogens is 585 g/mol. The fourth-order valence-electron chi connectivity index (χ4n) is 8.07. The second-order valence-corrected chi connectivity index (χ2v) is 12.6. The van der Waals surface area contributed by atoms with Crippen LogP contribution in [-0.2, 0) is 6.42 Å². The Morgan fingerprint density at radius 2 is 1.33 bits per heavy atom. The lowest BCUT2D eigenvalue weighted by molar-refractivity contribution is 0.735. The zero-order valence-electron chi connectivity index (χ0n) is 26.2. The van der Waals surface area contributed by atoms with E-state index in [1.165, 1.54) is 39.0 Å². The number of hydrogen-bond donors (Lipinski definition) is 0. The van der Waals surface area contributed by atoms with Crippen molar-refractivity contribution in [1.82, 2.24) is 9.13 Å². The van der Waals surface area contributed by atoms with Crippen molar-refractivity contribution in [2.45, 2.75) is 24.7 Å². The van der Waals surface area contributed by atoms with Gasteiger partial charge in [-0.05, 0) is 78.1 Å². The number of allylic oxidation sites excluding steroid dienone is 5. The van der Waals surface area contributed by atoms with Gasteiger partial charge in [0.2, 0.25) is 0 Å². The smallest absolute Gasteiger partial charge is 0.101 e. The fraction of sp³-hybridized carbons (Fsp3) is 0.0909. The third kappa shape index (κ3) is 4.13. The SMILES string of the molecule is N#Cc1ccc2c(c1)c1cccc(C3C=CC=CC3c3cccc4c5c(n(-c6ccccc6)c34)C=CCC5)c1n2-c1ccccc1C#N. The first-order chi connectivity index (χ1) is 23.8. The molecule has 5 aromatic carbocycles. The molecule has 0 spiro atoms. The van der Waals surface area contributed by atoms with Gasteiger partial charge in [-0.2, -0.15) is 10.5 Å². The van der Waals surface area contributed by atoms with Crippen LogP contribution in [0.3, 0.4) is 0 Å². The Morgan fingerprint density at radius 1 is 0.625 bits per heavy atom. The highest BCUT2D eigenvalue weighted by molar-refractivity contribution is 6.11. The van der Waals surface area contributed by atoms with E-state index >= 15 is 0 Å². The molecule has 48 heavy (non-hydrogen) atoms. The molecule has 2 atom stereocenters. The highest BCUT2D eigenvalue weighted by Crippen LogP contribution is 2.47. The molecule has 0 saturated carbocycles. The van der Waals surface area contributed by atoms with Gasteiger partial charge < -0.3 is 9.13 Å². The van der Waals surface area contributed by atoms with Crippen LogP contribution in [0.2, 0.25) is 0 Å². The van der Waals surface area contributed by atoms with Crippen LogP contribution in [0.25, 0.3) is 50.2 Å². The molecule has 0 amide bonds. The van der Waals surface area contributed by atoms with E-state index < -0.39 is 0 Å². The Hall–Kier alpha value is -6.36. The predicted molar refractivity (Wildman–Crippen MR) is 195 cm³/mol. The van der Waals surface area contributed by atoms with Crippen LogP contribution in [0.15, 0.2) is 140 Å². The quantitative estimate of drug-likeness (QED) is 0.198. The highest BCUT2D eigenvalue weighted by Gasteiger charge is 2.30. The second kappa shape index (κ2) is 11.2. The molecule has 7 aromatic rings. The number of hydrogen-bond acceptors (Lipinski definition) is 2. The Morgan fingerprint density at radius 3 is 2.08 bits per heavy atom. The fourth-order valence-corrected chi connectivity index (χ4v) is 8.07. The van der Waals surface area contributed by atoms with Crippen LogP contribution < -0.4 is 0 Å². The summed E-state index contributed by atoms with van der Waals surface area (Å²) in [6.07, 6.45) is 15.7. The number of aryl methyl sites for hydroxylation is 1. The average molecular weight is 615 g/mol. The summed E-state index contributed by atoms with van der Waals surface area (Å²) in [6, 6.07) is 42.5. The summed E-state index contributed by atoms with van der Waals surface area (Å²) in [5, 5.41) is 23.4. The maximum atomic E-state index is 10.2. The number of aromatic nitrogens is 2. The van der Waals surface area contributed by atoms with Gasteiger partial charge in [-0.25, -0.2) is 0 Å². The molecule has 0 bridgehead atoms. The number of nitriles is 2. The molecular formula is C44H30N4. The van der Waals surface area contributed by atoms with Gasteiger partial charge in [0.15, 0.2) is 0 Å². The van der Waals surface area contributed by atoms with Crippen molar-refractivity contribution in [3.8, 4) is 23.5 Å². The summed E-state index contributed by atoms with van der Waals surface area (Å²) in [6.45, 7) is 0. The maximum absolute atomic E-state index is 10.2. The van der Waals surface area contributed by atoms with Gasteiger partial charge in [0.05, 0.1) is 39.4 Å². The van der Waals surface area contributed by atoms with Crippen molar-refractivity contribution in [3.05, 3.63) is 173 Å². The molecule has 4 nitrogen and oxygen atoms in total. The molecule has 0 saturated heterocycles. The monoisotopic (exact) mass is 614 g/mol.